The van der Waals surface area contributed by atoms with Gasteiger partial charge in [0.25, 0.3) is 5.91 Å². The van der Waals surface area contributed by atoms with Crippen LogP contribution in [0.3, 0.4) is 0 Å². The van der Waals surface area contributed by atoms with Gasteiger partial charge in [0, 0.05) is 30.9 Å². The Morgan fingerprint density at radius 1 is 1.13 bits per heavy atom. The van der Waals surface area contributed by atoms with Crippen molar-refractivity contribution in [2.24, 2.45) is 0 Å². The molecule has 0 spiro atoms. The van der Waals surface area contributed by atoms with Crippen molar-refractivity contribution in [1.29, 1.82) is 0 Å². The second kappa shape index (κ2) is 9.25. The van der Waals surface area contributed by atoms with Crippen LogP contribution < -0.4 is 10.2 Å². The summed E-state index contributed by atoms with van der Waals surface area (Å²) in [6.07, 6.45) is 4.95. The number of anilines is 1. The Hall–Kier alpha value is -3.28. The van der Waals surface area contributed by atoms with Gasteiger partial charge in [-0.05, 0) is 50.8 Å². The van der Waals surface area contributed by atoms with Gasteiger partial charge in [0.05, 0.1) is 0 Å². The van der Waals surface area contributed by atoms with Crippen molar-refractivity contribution in [2.75, 3.05) is 11.4 Å². The van der Waals surface area contributed by atoms with E-state index < -0.39 is 0 Å². The molecule has 1 unspecified atom stereocenters. The number of benzene rings is 2. The number of aryl methyl sites for hydroxylation is 1. The molecule has 3 aromatic rings. The second-order valence-electron chi connectivity index (χ2n) is 8.14. The highest BCUT2D eigenvalue weighted by Gasteiger charge is 2.26. The van der Waals surface area contributed by atoms with Gasteiger partial charge in [-0.2, -0.15) is 0 Å². The Morgan fingerprint density at radius 2 is 1.87 bits per heavy atom. The van der Waals surface area contributed by atoms with E-state index in [4.69, 9.17) is 4.98 Å². The van der Waals surface area contributed by atoms with Gasteiger partial charge in [0.2, 0.25) is 0 Å². The summed E-state index contributed by atoms with van der Waals surface area (Å²) < 4.78 is 13.1. The van der Waals surface area contributed by atoms with Crippen molar-refractivity contribution in [3.8, 4) is 11.4 Å². The molecular formula is C25H27FN4O. The lowest BCUT2D eigenvalue weighted by Crippen LogP contribution is -2.40. The minimum Gasteiger partial charge on any atom is -0.353 e. The maximum atomic E-state index is 13.1. The van der Waals surface area contributed by atoms with Gasteiger partial charge in [-0.15, -0.1) is 0 Å². The highest BCUT2D eigenvalue weighted by atomic mass is 19.1. The van der Waals surface area contributed by atoms with Gasteiger partial charge in [-0.25, -0.2) is 14.4 Å². The van der Waals surface area contributed by atoms with Gasteiger partial charge in [-0.1, -0.05) is 42.0 Å². The fourth-order valence-electron chi connectivity index (χ4n) is 3.89. The fraction of sp³-hybridized carbons (Fsp3) is 0.320. The summed E-state index contributed by atoms with van der Waals surface area (Å²) in [5, 5.41) is 2.93. The largest absolute Gasteiger partial charge is 0.353 e. The summed E-state index contributed by atoms with van der Waals surface area (Å²) in [5.41, 5.74) is 3.40. The fourth-order valence-corrected chi connectivity index (χ4v) is 3.89. The first-order valence-corrected chi connectivity index (χ1v) is 10.7. The number of rotatable bonds is 5. The predicted octanol–water partition coefficient (Wildman–Crippen LogP) is 4.90. The molecule has 2 aromatic carbocycles. The molecule has 4 rings (SSSR count). The topological polar surface area (TPSA) is 58.1 Å². The summed E-state index contributed by atoms with van der Waals surface area (Å²) >= 11 is 0. The Balaban J connectivity index is 1.64. The Bertz CT molecular complexity index is 1050. The SMILES string of the molecule is Cc1ccc(-c2ncc(C(=O)NCc3ccc(F)cc3)c(N3CCCCC3C)n2)cc1. The maximum Gasteiger partial charge on any atom is 0.256 e. The van der Waals surface area contributed by atoms with Crippen LogP contribution in [0.5, 0.6) is 0 Å². The Kier molecular flexibility index (Phi) is 6.26. The lowest BCUT2D eigenvalue weighted by molar-refractivity contribution is 0.0950. The van der Waals surface area contributed by atoms with Crippen molar-refractivity contribution in [3.63, 3.8) is 0 Å². The number of carbonyl (C=O) groups is 1. The first-order chi connectivity index (χ1) is 15.0. The third kappa shape index (κ3) is 4.90. The van der Waals surface area contributed by atoms with E-state index in [1.54, 1.807) is 18.3 Å². The maximum absolute atomic E-state index is 13.1. The molecular weight excluding hydrogens is 391 g/mol. The number of aromatic nitrogens is 2. The van der Waals surface area contributed by atoms with Crippen LogP contribution in [0, 0.1) is 12.7 Å². The monoisotopic (exact) mass is 418 g/mol. The lowest BCUT2D eigenvalue weighted by Gasteiger charge is -2.35. The molecule has 31 heavy (non-hydrogen) atoms. The van der Waals surface area contributed by atoms with Crippen molar-refractivity contribution < 1.29 is 9.18 Å². The molecule has 1 amide bonds. The highest BCUT2D eigenvalue weighted by molar-refractivity contribution is 5.99. The molecule has 1 atom stereocenters. The number of halogens is 1. The molecule has 6 heteroatoms. The van der Waals surface area contributed by atoms with E-state index in [9.17, 15) is 9.18 Å². The van der Waals surface area contributed by atoms with Gasteiger partial charge in [0.1, 0.15) is 17.2 Å². The number of amides is 1. The molecule has 1 aliphatic heterocycles. The first-order valence-electron chi connectivity index (χ1n) is 10.7. The summed E-state index contributed by atoms with van der Waals surface area (Å²) in [6, 6.07) is 14.5. The summed E-state index contributed by atoms with van der Waals surface area (Å²) in [5.74, 6) is 0.765. The third-order valence-corrected chi connectivity index (χ3v) is 5.76. The van der Waals surface area contributed by atoms with Gasteiger partial charge in [0.15, 0.2) is 5.82 Å². The van der Waals surface area contributed by atoms with Crippen LogP contribution in [-0.4, -0.2) is 28.5 Å². The zero-order chi connectivity index (χ0) is 21.8. The van der Waals surface area contributed by atoms with Gasteiger partial charge >= 0.3 is 0 Å². The van der Waals surface area contributed by atoms with Crippen LogP contribution in [0.25, 0.3) is 11.4 Å². The van der Waals surface area contributed by atoms with E-state index >= 15 is 0 Å². The predicted molar refractivity (Wildman–Crippen MR) is 120 cm³/mol. The molecule has 0 radical (unpaired) electrons. The standard InChI is InChI=1S/C25H27FN4O/c1-17-6-10-20(11-7-17)23-27-16-22(24(29-23)30-14-4-3-5-18(30)2)25(31)28-15-19-8-12-21(26)13-9-19/h6-13,16,18H,3-5,14-15H2,1-2H3,(H,28,31). The average Bonchev–Trinajstić information content (AvgIpc) is 2.79. The number of hydrogen-bond acceptors (Lipinski definition) is 4. The molecule has 1 saturated heterocycles. The highest BCUT2D eigenvalue weighted by Crippen LogP contribution is 2.28. The van der Waals surface area contributed by atoms with E-state index in [-0.39, 0.29) is 11.7 Å². The summed E-state index contributed by atoms with van der Waals surface area (Å²) in [7, 11) is 0. The molecule has 1 N–H and O–H groups in total. The van der Waals surface area contributed by atoms with Crippen molar-refractivity contribution in [1.82, 2.24) is 15.3 Å². The molecule has 160 valence electrons. The quantitative estimate of drug-likeness (QED) is 0.640. The third-order valence-electron chi connectivity index (χ3n) is 5.76. The normalized spacial score (nSPS) is 16.2. The van der Waals surface area contributed by atoms with E-state index in [2.05, 4.69) is 22.1 Å². The smallest absolute Gasteiger partial charge is 0.256 e. The first kappa shape index (κ1) is 21.0. The zero-order valence-electron chi connectivity index (χ0n) is 17.9. The van der Waals surface area contributed by atoms with E-state index in [1.807, 2.05) is 31.2 Å². The van der Waals surface area contributed by atoms with Crippen molar-refractivity contribution in [3.05, 3.63) is 77.2 Å². The number of nitrogens with one attached hydrogen (secondary N) is 1. The minimum absolute atomic E-state index is 0.229. The minimum atomic E-state index is -0.295. The molecule has 1 aromatic heterocycles. The average molecular weight is 419 g/mol. The summed E-state index contributed by atoms with van der Waals surface area (Å²) in [6.45, 7) is 5.39. The molecule has 1 fully saturated rings. The second-order valence-corrected chi connectivity index (χ2v) is 8.14. The Morgan fingerprint density at radius 3 is 2.58 bits per heavy atom. The summed E-state index contributed by atoms with van der Waals surface area (Å²) in [4.78, 5) is 24.6. The van der Waals surface area contributed by atoms with Crippen LogP contribution in [0.4, 0.5) is 10.2 Å². The van der Waals surface area contributed by atoms with Gasteiger partial charge < -0.3 is 10.2 Å². The van der Waals surface area contributed by atoms with Crippen molar-refractivity contribution >= 4 is 11.7 Å². The van der Waals surface area contributed by atoms with Crippen LogP contribution in [0.1, 0.15) is 47.7 Å². The van der Waals surface area contributed by atoms with E-state index in [1.165, 1.54) is 24.1 Å². The van der Waals surface area contributed by atoms with Gasteiger partial charge in [-0.3, -0.25) is 4.79 Å². The number of hydrogen-bond donors (Lipinski definition) is 1. The van der Waals surface area contributed by atoms with Crippen LogP contribution in [-0.2, 0) is 6.54 Å². The van der Waals surface area contributed by atoms with E-state index in [0.29, 0.717) is 29.8 Å². The van der Waals surface area contributed by atoms with E-state index in [0.717, 1.165) is 30.5 Å². The number of piperidine rings is 1. The number of nitrogens with zero attached hydrogens (tertiary/aromatic N) is 3. The molecule has 0 bridgehead atoms. The zero-order valence-corrected chi connectivity index (χ0v) is 17.9. The molecule has 0 aliphatic carbocycles. The molecule has 5 nitrogen and oxygen atoms in total. The lowest BCUT2D eigenvalue weighted by atomic mass is 10.0. The van der Waals surface area contributed by atoms with Crippen LogP contribution >= 0.6 is 0 Å². The van der Waals surface area contributed by atoms with Crippen molar-refractivity contribution in [2.45, 2.75) is 45.7 Å². The molecule has 1 aliphatic rings. The van der Waals surface area contributed by atoms with Crippen LogP contribution in [0.15, 0.2) is 54.7 Å². The molecule has 2 heterocycles. The molecule has 0 saturated carbocycles. The Labute approximate surface area is 182 Å². The van der Waals surface area contributed by atoms with Crippen LogP contribution in [0.2, 0.25) is 0 Å². The number of carbonyl (C=O) groups excluding carboxylic acids is 1.